The van der Waals surface area contributed by atoms with Crippen molar-refractivity contribution in [2.45, 2.75) is 26.4 Å². The largest absolute Gasteiger partial charge is 0.461 e. The molecule has 0 amide bonds. The molecule has 0 N–H and O–H groups in total. The summed E-state index contributed by atoms with van der Waals surface area (Å²) >= 11 is 0. The third-order valence-corrected chi connectivity index (χ3v) is 4.15. The molecule has 0 saturated heterocycles. The second-order valence-electron chi connectivity index (χ2n) is 6.35. The lowest BCUT2D eigenvalue weighted by Crippen LogP contribution is -2.08. The van der Waals surface area contributed by atoms with Gasteiger partial charge in [-0.05, 0) is 25.1 Å². The predicted octanol–water partition coefficient (Wildman–Crippen LogP) is 4.89. The van der Waals surface area contributed by atoms with E-state index in [2.05, 4.69) is 4.98 Å². The lowest BCUT2D eigenvalue weighted by Gasteiger charge is -2.11. The smallest absolute Gasteiger partial charge is 0.306 e. The number of Topliss-reactive ketones (excluding diaryl/α,β-unsaturated/α-hetero) is 1. The Morgan fingerprint density at radius 1 is 0.929 bits per heavy atom. The maximum Gasteiger partial charge on any atom is 0.306 e. The fourth-order valence-corrected chi connectivity index (χ4v) is 2.59. The zero-order valence-corrected chi connectivity index (χ0v) is 15.6. The van der Waals surface area contributed by atoms with Crippen molar-refractivity contribution >= 4 is 11.8 Å². The molecule has 28 heavy (non-hydrogen) atoms. The van der Waals surface area contributed by atoms with E-state index in [9.17, 15) is 9.59 Å². The molecule has 5 heteroatoms. The number of nitrogens with zero attached hydrogens (tertiary/aromatic N) is 1. The maximum atomic E-state index is 12.2. The van der Waals surface area contributed by atoms with Gasteiger partial charge >= 0.3 is 5.97 Å². The number of benzene rings is 2. The molecule has 0 aliphatic rings. The van der Waals surface area contributed by atoms with Gasteiger partial charge in [-0.1, -0.05) is 48.0 Å². The van der Waals surface area contributed by atoms with Gasteiger partial charge in [-0.25, -0.2) is 0 Å². The maximum absolute atomic E-state index is 12.2. The summed E-state index contributed by atoms with van der Waals surface area (Å²) in [4.78, 5) is 28.2. The van der Waals surface area contributed by atoms with E-state index >= 15 is 0 Å². The first kappa shape index (κ1) is 19.3. The second kappa shape index (κ2) is 9.46. The fourth-order valence-electron chi connectivity index (χ4n) is 2.59. The number of ether oxygens (including phenoxy) is 2. The molecule has 0 fully saturated rings. The molecule has 0 saturated carbocycles. The number of ketones is 1. The first-order valence-electron chi connectivity index (χ1n) is 9.03. The highest BCUT2D eigenvalue weighted by Gasteiger charge is 2.12. The highest BCUT2D eigenvalue weighted by molar-refractivity contribution is 5.97. The summed E-state index contributed by atoms with van der Waals surface area (Å²) in [6.07, 6.45) is 3.44. The van der Waals surface area contributed by atoms with Gasteiger partial charge in [-0.2, -0.15) is 0 Å². The van der Waals surface area contributed by atoms with Crippen LogP contribution in [-0.4, -0.2) is 16.7 Å². The summed E-state index contributed by atoms with van der Waals surface area (Å²) in [6.45, 7) is 2.04. The number of rotatable bonds is 8. The molecule has 0 unspecified atom stereocenters. The molecule has 0 bridgehead atoms. The SMILES string of the molecule is Cc1ccc(C(=O)CCC(=O)OCc2ccccc2Oc2cccnc2)cc1. The molecule has 142 valence electrons. The van der Waals surface area contributed by atoms with E-state index in [4.69, 9.17) is 9.47 Å². The van der Waals surface area contributed by atoms with Gasteiger partial charge in [0.15, 0.2) is 5.78 Å². The first-order chi connectivity index (χ1) is 13.6. The molecule has 1 aromatic heterocycles. The number of hydrogen-bond donors (Lipinski definition) is 0. The van der Waals surface area contributed by atoms with Crippen LogP contribution in [0.2, 0.25) is 0 Å². The number of esters is 1. The molecule has 0 atom stereocenters. The number of carbonyl (C=O) groups excluding carboxylic acids is 2. The van der Waals surface area contributed by atoms with Crippen LogP contribution in [0.25, 0.3) is 0 Å². The molecule has 5 nitrogen and oxygen atoms in total. The molecule has 1 heterocycles. The average Bonchev–Trinajstić information content (AvgIpc) is 2.72. The van der Waals surface area contributed by atoms with Crippen LogP contribution < -0.4 is 4.74 Å². The van der Waals surface area contributed by atoms with Crippen LogP contribution >= 0.6 is 0 Å². The van der Waals surface area contributed by atoms with Crippen molar-refractivity contribution in [1.29, 1.82) is 0 Å². The van der Waals surface area contributed by atoms with Gasteiger partial charge in [0.05, 0.1) is 12.6 Å². The third-order valence-electron chi connectivity index (χ3n) is 4.15. The fraction of sp³-hybridized carbons (Fsp3) is 0.174. The Labute approximate surface area is 164 Å². The summed E-state index contributed by atoms with van der Waals surface area (Å²) in [5, 5.41) is 0. The predicted molar refractivity (Wildman–Crippen MR) is 105 cm³/mol. The highest BCUT2D eigenvalue weighted by Crippen LogP contribution is 2.25. The summed E-state index contributed by atoms with van der Waals surface area (Å²) in [5.41, 5.74) is 2.43. The van der Waals surface area contributed by atoms with Gasteiger partial charge in [0.2, 0.25) is 0 Å². The number of aromatic nitrogens is 1. The molecule has 3 aromatic rings. The summed E-state index contributed by atoms with van der Waals surface area (Å²) in [5.74, 6) is 0.706. The van der Waals surface area contributed by atoms with Crippen LogP contribution in [0.5, 0.6) is 11.5 Å². The van der Waals surface area contributed by atoms with E-state index in [1.807, 2.05) is 37.3 Å². The van der Waals surface area contributed by atoms with Crippen LogP contribution in [0.4, 0.5) is 0 Å². The minimum absolute atomic E-state index is 0.0400. The van der Waals surface area contributed by atoms with Crippen molar-refractivity contribution in [2.24, 2.45) is 0 Å². The van der Waals surface area contributed by atoms with E-state index < -0.39 is 5.97 Å². The topological polar surface area (TPSA) is 65.5 Å². The van der Waals surface area contributed by atoms with Crippen molar-refractivity contribution in [3.63, 3.8) is 0 Å². The average molecular weight is 375 g/mol. The Kier molecular flexibility index (Phi) is 6.52. The van der Waals surface area contributed by atoms with E-state index in [1.54, 1.807) is 42.7 Å². The van der Waals surface area contributed by atoms with Gasteiger partial charge in [0.25, 0.3) is 0 Å². The second-order valence-corrected chi connectivity index (χ2v) is 6.35. The Balaban J connectivity index is 1.52. The molecule has 0 spiro atoms. The van der Waals surface area contributed by atoms with Crippen LogP contribution in [-0.2, 0) is 16.1 Å². The number of hydrogen-bond acceptors (Lipinski definition) is 5. The summed E-state index contributed by atoms with van der Waals surface area (Å²) < 4.78 is 11.1. The van der Waals surface area contributed by atoms with Gasteiger partial charge < -0.3 is 9.47 Å². The number of pyridine rings is 1. The molecule has 0 aliphatic carbocycles. The lowest BCUT2D eigenvalue weighted by molar-refractivity contribution is -0.144. The minimum atomic E-state index is -0.420. The van der Waals surface area contributed by atoms with Crippen molar-refractivity contribution < 1.29 is 19.1 Å². The minimum Gasteiger partial charge on any atom is -0.461 e. The summed E-state index contributed by atoms with van der Waals surface area (Å²) in [6, 6.07) is 18.2. The third kappa shape index (κ3) is 5.51. The highest BCUT2D eigenvalue weighted by atomic mass is 16.5. The van der Waals surface area contributed by atoms with Crippen LogP contribution in [0.1, 0.15) is 34.3 Å². The molecule has 3 rings (SSSR count). The van der Waals surface area contributed by atoms with E-state index in [0.717, 1.165) is 11.1 Å². The first-order valence-corrected chi connectivity index (χ1v) is 9.03. The van der Waals surface area contributed by atoms with Crippen LogP contribution in [0.3, 0.4) is 0 Å². The van der Waals surface area contributed by atoms with Crippen molar-refractivity contribution in [1.82, 2.24) is 4.98 Å². The zero-order valence-electron chi connectivity index (χ0n) is 15.6. The van der Waals surface area contributed by atoms with Gasteiger partial charge in [0.1, 0.15) is 18.1 Å². The normalized spacial score (nSPS) is 10.3. The Morgan fingerprint density at radius 2 is 1.71 bits per heavy atom. The lowest BCUT2D eigenvalue weighted by atomic mass is 10.1. The van der Waals surface area contributed by atoms with E-state index in [1.165, 1.54) is 0 Å². The summed E-state index contributed by atoms with van der Waals surface area (Å²) in [7, 11) is 0. The molecule has 2 aromatic carbocycles. The van der Waals surface area contributed by atoms with Gasteiger partial charge in [-0.3, -0.25) is 14.6 Å². The van der Waals surface area contributed by atoms with E-state index in [0.29, 0.717) is 17.1 Å². The molecule has 0 aliphatic heterocycles. The number of aryl methyl sites for hydroxylation is 1. The molecular weight excluding hydrogens is 354 g/mol. The van der Waals surface area contributed by atoms with E-state index in [-0.39, 0.29) is 25.2 Å². The van der Waals surface area contributed by atoms with Crippen LogP contribution in [0.15, 0.2) is 73.1 Å². The monoisotopic (exact) mass is 375 g/mol. The van der Waals surface area contributed by atoms with Crippen molar-refractivity contribution in [3.05, 3.63) is 89.7 Å². The Bertz CT molecular complexity index is 936. The quantitative estimate of drug-likeness (QED) is 0.414. The van der Waals surface area contributed by atoms with Crippen molar-refractivity contribution in [3.8, 4) is 11.5 Å². The molecule has 0 radical (unpaired) electrons. The zero-order chi connectivity index (χ0) is 19.8. The molecular formula is C23H21NO4. The van der Waals surface area contributed by atoms with Crippen LogP contribution in [0, 0.1) is 6.92 Å². The number of carbonyl (C=O) groups is 2. The van der Waals surface area contributed by atoms with Gasteiger partial charge in [-0.15, -0.1) is 0 Å². The Hall–Kier alpha value is -3.47. The number of para-hydroxylation sites is 1. The van der Waals surface area contributed by atoms with Gasteiger partial charge in [0, 0.05) is 23.7 Å². The van der Waals surface area contributed by atoms with Crippen molar-refractivity contribution in [2.75, 3.05) is 0 Å². The Morgan fingerprint density at radius 3 is 2.46 bits per heavy atom. The standard InChI is InChI=1S/C23H21NO4/c1-17-8-10-18(11-9-17)21(25)12-13-23(26)27-16-19-5-2-3-7-22(19)28-20-6-4-14-24-15-20/h2-11,14-15H,12-13,16H2,1H3.